The first-order valence-corrected chi connectivity index (χ1v) is 9.96. The van der Waals surface area contributed by atoms with Crippen LogP contribution in [0.15, 0.2) is 82.3 Å². The number of nitrogens with two attached hydrogens (primary N) is 1. The maximum Gasteiger partial charge on any atom is 0.212 e. The predicted molar refractivity (Wildman–Crippen MR) is 119 cm³/mol. The maximum absolute atomic E-state index is 6.14. The zero-order chi connectivity index (χ0) is 20.9. The van der Waals surface area contributed by atoms with Gasteiger partial charge in [-0.3, -0.25) is 9.88 Å². The second-order valence-corrected chi connectivity index (χ2v) is 7.43. The Balaban J connectivity index is 1.60. The van der Waals surface area contributed by atoms with Gasteiger partial charge < -0.3 is 10.2 Å². The lowest BCUT2D eigenvalue weighted by Gasteiger charge is -2.23. The van der Waals surface area contributed by atoms with Gasteiger partial charge in [-0.2, -0.15) is 5.10 Å². The van der Waals surface area contributed by atoms with Gasteiger partial charge in [0.15, 0.2) is 17.9 Å². The Morgan fingerprint density at radius 3 is 2.61 bits per heavy atom. The van der Waals surface area contributed by atoms with Gasteiger partial charge in [0, 0.05) is 11.8 Å². The van der Waals surface area contributed by atoms with Crippen molar-refractivity contribution in [1.29, 1.82) is 0 Å². The lowest BCUT2D eigenvalue weighted by Crippen LogP contribution is -2.31. The second kappa shape index (κ2) is 6.60. The molecule has 3 aromatic heterocycles. The van der Waals surface area contributed by atoms with Crippen LogP contribution in [0.5, 0.6) is 0 Å². The standard InChI is InChI=1S/C23H19N7O/c1-14-11-12-19(31-14)20-16(13-29(28-20)15-7-3-2-4-8-15)21-26-22(24)27-23-25-17-9-5-6-10-18(17)30(21)23/h2-13,21H,1H3,(H3,24,25,26,27)/t21-/m0/s1. The summed E-state index contributed by atoms with van der Waals surface area (Å²) in [6.45, 7) is 1.92. The molecule has 1 aliphatic rings. The number of aromatic nitrogens is 4. The summed E-state index contributed by atoms with van der Waals surface area (Å²) >= 11 is 0. The minimum atomic E-state index is -0.443. The van der Waals surface area contributed by atoms with Crippen LogP contribution in [0.4, 0.5) is 5.95 Å². The molecule has 8 nitrogen and oxygen atoms in total. The fraction of sp³-hybridized carbons (Fsp3) is 0.0870. The minimum absolute atomic E-state index is 0.307. The molecule has 4 heterocycles. The number of aryl methyl sites for hydroxylation is 1. The summed E-state index contributed by atoms with van der Waals surface area (Å²) in [5, 5.41) is 7.94. The average Bonchev–Trinajstić information content (AvgIpc) is 3.49. The van der Waals surface area contributed by atoms with Gasteiger partial charge in [0.25, 0.3) is 0 Å². The van der Waals surface area contributed by atoms with Gasteiger partial charge in [-0.05, 0) is 43.3 Å². The van der Waals surface area contributed by atoms with Gasteiger partial charge in [0.1, 0.15) is 11.5 Å². The highest BCUT2D eigenvalue weighted by molar-refractivity contribution is 5.94. The van der Waals surface area contributed by atoms with E-state index in [1.807, 2.05) is 89.1 Å². The third kappa shape index (κ3) is 2.80. The van der Waals surface area contributed by atoms with E-state index < -0.39 is 6.17 Å². The first-order valence-electron chi connectivity index (χ1n) is 9.96. The summed E-state index contributed by atoms with van der Waals surface area (Å²) in [7, 11) is 0. The predicted octanol–water partition coefficient (Wildman–Crippen LogP) is 4.08. The quantitative estimate of drug-likeness (QED) is 0.468. The molecule has 0 amide bonds. The number of aliphatic imine (C=N–C) groups is 1. The Morgan fingerprint density at radius 2 is 1.81 bits per heavy atom. The Labute approximate surface area is 177 Å². The van der Waals surface area contributed by atoms with Gasteiger partial charge in [-0.25, -0.2) is 14.7 Å². The number of rotatable bonds is 3. The fourth-order valence-electron chi connectivity index (χ4n) is 3.97. The van der Waals surface area contributed by atoms with Crippen LogP contribution < -0.4 is 11.1 Å². The van der Waals surface area contributed by atoms with E-state index >= 15 is 0 Å². The van der Waals surface area contributed by atoms with Crippen LogP contribution in [0.25, 0.3) is 28.2 Å². The van der Waals surface area contributed by atoms with Gasteiger partial charge >= 0.3 is 0 Å². The number of hydrogen-bond donors (Lipinski definition) is 2. The Hall–Kier alpha value is -4.33. The Kier molecular flexibility index (Phi) is 3.73. The number of hydrogen-bond acceptors (Lipinski definition) is 6. The number of para-hydroxylation sites is 3. The van der Waals surface area contributed by atoms with E-state index in [2.05, 4.69) is 5.32 Å². The number of guanidine groups is 1. The van der Waals surface area contributed by atoms with Gasteiger partial charge in [0.05, 0.1) is 16.7 Å². The molecular weight excluding hydrogens is 390 g/mol. The van der Waals surface area contributed by atoms with Gasteiger partial charge in [-0.1, -0.05) is 30.3 Å². The molecule has 5 aromatic rings. The summed E-state index contributed by atoms with van der Waals surface area (Å²) in [6.07, 6.45) is 1.54. The van der Waals surface area contributed by atoms with Crippen molar-refractivity contribution >= 4 is 22.9 Å². The normalized spacial score (nSPS) is 15.5. The molecule has 0 saturated heterocycles. The topological polar surface area (TPSA) is 99.2 Å². The number of nitrogens with zero attached hydrogens (tertiary/aromatic N) is 5. The molecule has 8 heteroatoms. The van der Waals surface area contributed by atoms with Crippen LogP contribution in [-0.4, -0.2) is 25.3 Å². The molecule has 0 aliphatic carbocycles. The van der Waals surface area contributed by atoms with E-state index in [-0.39, 0.29) is 0 Å². The zero-order valence-electron chi connectivity index (χ0n) is 16.7. The summed E-state index contributed by atoms with van der Waals surface area (Å²) in [5.74, 6) is 2.45. The summed E-state index contributed by atoms with van der Waals surface area (Å²) < 4.78 is 9.82. The van der Waals surface area contributed by atoms with Crippen LogP contribution in [0.2, 0.25) is 0 Å². The molecular formula is C23H19N7O. The van der Waals surface area contributed by atoms with E-state index in [9.17, 15) is 0 Å². The smallest absolute Gasteiger partial charge is 0.212 e. The van der Waals surface area contributed by atoms with Crippen molar-refractivity contribution in [2.75, 3.05) is 5.32 Å². The molecule has 0 spiro atoms. The molecule has 1 aliphatic heterocycles. The van der Waals surface area contributed by atoms with Gasteiger partial charge in [-0.15, -0.1) is 0 Å². The first-order chi connectivity index (χ1) is 15.2. The number of fused-ring (bicyclic) bond motifs is 3. The molecule has 1 atom stereocenters. The summed E-state index contributed by atoms with van der Waals surface area (Å²) in [4.78, 5) is 9.42. The van der Waals surface area contributed by atoms with Crippen molar-refractivity contribution in [2.24, 2.45) is 10.7 Å². The van der Waals surface area contributed by atoms with E-state index in [0.29, 0.717) is 23.4 Å². The Bertz CT molecular complexity index is 1440. The van der Waals surface area contributed by atoms with Crippen molar-refractivity contribution in [3.63, 3.8) is 0 Å². The summed E-state index contributed by atoms with van der Waals surface area (Å²) in [6, 6.07) is 21.8. The highest BCUT2D eigenvalue weighted by Crippen LogP contribution is 2.37. The molecule has 0 fully saturated rings. The summed E-state index contributed by atoms with van der Waals surface area (Å²) in [5.41, 5.74) is 10.5. The lowest BCUT2D eigenvalue weighted by atomic mass is 10.1. The van der Waals surface area contributed by atoms with Crippen molar-refractivity contribution in [3.8, 4) is 17.1 Å². The largest absolute Gasteiger partial charge is 0.460 e. The number of nitrogens with one attached hydrogen (secondary N) is 1. The SMILES string of the molecule is Cc1ccc(-c2nn(-c3ccccc3)cc2[C@H]2N=C(N)Nc3nc4ccccc4n32)o1. The fourth-order valence-corrected chi connectivity index (χ4v) is 3.97. The van der Waals surface area contributed by atoms with Crippen molar-refractivity contribution in [1.82, 2.24) is 19.3 Å². The number of anilines is 1. The Morgan fingerprint density at radius 1 is 1.00 bits per heavy atom. The second-order valence-electron chi connectivity index (χ2n) is 7.43. The van der Waals surface area contributed by atoms with Crippen molar-refractivity contribution in [3.05, 3.63) is 84.3 Å². The highest BCUT2D eigenvalue weighted by Gasteiger charge is 2.30. The van der Waals surface area contributed by atoms with E-state index in [0.717, 1.165) is 28.0 Å². The molecule has 0 saturated carbocycles. The minimum Gasteiger partial charge on any atom is -0.460 e. The molecule has 6 rings (SSSR count). The lowest BCUT2D eigenvalue weighted by molar-refractivity contribution is 0.542. The average molecular weight is 409 g/mol. The van der Waals surface area contributed by atoms with Crippen molar-refractivity contribution < 1.29 is 4.42 Å². The van der Waals surface area contributed by atoms with Crippen LogP contribution in [0.3, 0.4) is 0 Å². The first kappa shape index (κ1) is 17.5. The van der Waals surface area contributed by atoms with E-state index in [1.165, 1.54) is 0 Å². The molecule has 3 N–H and O–H groups in total. The molecule has 152 valence electrons. The molecule has 0 radical (unpaired) electrons. The van der Waals surface area contributed by atoms with E-state index in [1.54, 1.807) is 0 Å². The van der Waals surface area contributed by atoms with Crippen LogP contribution >= 0.6 is 0 Å². The number of furan rings is 1. The van der Waals surface area contributed by atoms with Crippen molar-refractivity contribution in [2.45, 2.75) is 13.1 Å². The number of benzene rings is 2. The van der Waals surface area contributed by atoms with Gasteiger partial charge in [0.2, 0.25) is 5.95 Å². The molecule has 0 bridgehead atoms. The van der Waals surface area contributed by atoms with E-state index in [4.69, 9.17) is 25.2 Å². The molecule has 0 unspecified atom stereocenters. The van der Waals surface area contributed by atoms with Crippen LogP contribution in [0.1, 0.15) is 17.5 Å². The molecule has 2 aromatic carbocycles. The molecule has 31 heavy (non-hydrogen) atoms. The highest BCUT2D eigenvalue weighted by atomic mass is 16.3. The zero-order valence-corrected chi connectivity index (χ0v) is 16.7. The third-order valence-corrected chi connectivity index (χ3v) is 5.36. The van der Waals surface area contributed by atoms with Crippen LogP contribution in [0, 0.1) is 6.92 Å². The monoisotopic (exact) mass is 409 g/mol. The number of imidazole rings is 1. The van der Waals surface area contributed by atoms with Crippen LogP contribution in [-0.2, 0) is 0 Å². The maximum atomic E-state index is 6.14. The third-order valence-electron chi connectivity index (χ3n) is 5.36.